The van der Waals surface area contributed by atoms with Crippen LogP contribution in [0.4, 0.5) is 0 Å². The Balaban J connectivity index is 0.921. The number of hydrogen-bond donors (Lipinski definition) is 1. The number of aliphatic hydroxyl groups excluding tert-OH is 1. The van der Waals surface area contributed by atoms with Crippen molar-refractivity contribution in [1.29, 1.82) is 0 Å². The van der Waals surface area contributed by atoms with Gasteiger partial charge >= 0.3 is 0 Å². The van der Waals surface area contributed by atoms with E-state index < -0.39 is 11.9 Å². The molecule has 3 unspecified atom stereocenters. The maximum absolute atomic E-state index is 10.8. The lowest BCUT2D eigenvalue weighted by Crippen LogP contribution is -2.54. The van der Waals surface area contributed by atoms with Gasteiger partial charge in [-0.05, 0) is 92.6 Å². The van der Waals surface area contributed by atoms with E-state index in [0.717, 1.165) is 77.0 Å². The largest absolute Gasteiger partial charge is 0.393 e. The molecule has 0 aromatic heterocycles. The van der Waals surface area contributed by atoms with Crippen molar-refractivity contribution in [3.63, 3.8) is 0 Å². The molecule has 8 nitrogen and oxygen atoms in total. The minimum Gasteiger partial charge on any atom is -0.393 e. The molecule has 0 radical (unpaired) electrons. The Morgan fingerprint density at radius 3 is 2.32 bits per heavy atom. The highest BCUT2D eigenvalue weighted by Crippen LogP contribution is 2.54. The van der Waals surface area contributed by atoms with Gasteiger partial charge in [0.15, 0.2) is 5.79 Å². The number of aliphatic hydroxyl groups is 1. The van der Waals surface area contributed by atoms with Gasteiger partial charge in [0, 0.05) is 25.2 Å². The smallest absolute Gasteiger partial charge is 0.172 e. The van der Waals surface area contributed by atoms with E-state index in [9.17, 15) is 5.11 Å². The lowest BCUT2D eigenvalue weighted by atomic mass is 9.78. The van der Waals surface area contributed by atoms with Gasteiger partial charge in [0.1, 0.15) is 18.3 Å². The zero-order valence-corrected chi connectivity index (χ0v) is 33.4. The molecular weight excluding hydrogens is 668 g/mol. The molecule has 0 aromatic carbocycles. The first-order valence-corrected chi connectivity index (χ1v) is 21.3. The van der Waals surface area contributed by atoms with E-state index in [2.05, 4.69) is 60.9 Å². The van der Waals surface area contributed by atoms with Gasteiger partial charge in [-0.3, -0.25) is 0 Å². The maximum atomic E-state index is 10.8. The summed E-state index contributed by atoms with van der Waals surface area (Å²) in [7, 11) is 0. The summed E-state index contributed by atoms with van der Waals surface area (Å²) in [6, 6.07) is 0. The Bertz CT molecular complexity index is 1320. The molecule has 0 saturated carbocycles. The van der Waals surface area contributed by atoms with Crippen molar-refractivity contribution in [2.45, 2.75) is 203 Å². The molecule has 8 rings (SSSR count). The van der Waals surface area contributed by atoms with Crippen molar-refractivity contribution in [3.8, 4) is 0 Å². The average molecular weight is 739 g/mol. The Hall–Kier alpha value is -1.36. The van der Waals surface area contributed by atoms with Gasteiger partial charge in [0.25, 0.3) is 0 Å². The maximum Gasteiger partial charge on any atom is 0.172 e. The first kappa shape index (κ1) is 39.9. The molecule has 1 N–H and O–H groups in total. The standard InChI is InChI=1S/C45H70O8/c1-10-13-31(46)22-34-29(8)37(19-25(4)12-3)49-39(34)23-38-28(7)26(5)20-32(48-38)15-16-35-27(6)21-33(47-35)17-18-45-24-40-42(53-45)44-43(51-40)41(52-45)30(9)36(50-44)14-11-2/h10-11,25-26,29-44,46H,1-2,6-7,12-24H2,3-5,8-9H3/t25-,26-,29-,30+,31?,32+,33+,34-,35?,36+,37-,38-,39?,40-,41+,42+,43+,44+,45-/m1/s1. The second-order valence-electron chi connectivity index (χ2n) is 18.3. The van der Waals surface area contributed by atoms with Crippen molar-refractivity contribution >= 4 is 0 Å². The van der Waals surface area contributed by atoms with Crippen LogP contribution in [-0.4, -0.2) is 90.2 Å². The van der Waals surface area contributed by atoms with Gasteiger partial charge in [-0.2, -0.15) is 0 Å². The van der Waals surface area contributed by atoms with Crippen molar-refractivity contribution < 1.29 is 38.3 Å². The summed E-state index contributed by atoms with van der Waals surface area (Å²) in [5, 5.41) is 10.8. The van der Waals surface area contributed by atoms with Crippen molar-refractivity contribution in [2.24, 2.45) is 29.6 Å². The molecule has 8 aliphatic rings. The predicted molar refractivity (Wildman–Crippen MR) is 206 cm³/mol. The molecule has 0 amide bonds. The highest BCUT2D eigenvalue weighted by atomic mass is 16.8. The molecular formula is C45H70O8. The van der Waals surface area contributed by atoms with E-state index in [1.165, 1.54) is 11.1 Å². The highest BCUT2D eigenvalue weighted by Gasteiger charge is 2.67. The van der Waals surface area contributed by atoms with Gasteiger partial charge in [-0.15, -0.1) is 13.2 Å². The normalized spacial score (nSPS) is 47.2. The molecule has 8 heterocycles. The van der Waals surface area contributed by atoms with Crippen LogP contribution in [0.3, 0.4) is 0 Å². The summed E-state index contributed by atoms with van der Waals surface area (Å²) in [5.74, 6) is 1.22. The fourth-order valence-corrected chi connectivity index (χ4v) is 11.0. The quantitative estimate of drug-likeness (QED) is 0.149. The number of ether oxygens (including phenoxy) is 7. The summed E-state index contributed by atoms with van der Waals surface area (Å²) in [6.45, 7) is 28.2. The third-order valence-electron chi connectivity index (χ3n) is 14.5. The topological polar surface area (TPSA) is 84.8 Å². The van der Waals surface area contributed by atoms with Crippen molar-refractivity contribution in [2.75, 3.05) is 0 Å². The third-order valence-corrected chi connectivity index (χ3v) is 14.5. The minimum absolute atomic E-state index is 0.0271. The van der Waals surface area contributed by atoms with E-state index in [4.69, 9.17) is 33.2 Å². The Labute approximate surface area is 320 Å². The zero-order chi connectivity index (χ0) is 37.6. The van der Waals surface area contributed by atoms with Crippen LogP contribution in [0.2, 0.25) is 0 Å². The van der Waals surface area contributed by atoms with Crippen molar-refractivity contribution in [1.82, 2.24) is 0 Å². The van der Waals surface area contributed by atoms with Gasteiger partial charge in [0.2, 0.25) is 0 Å². The van der Waals surface area contributed by atoms with Gasteiger partial charge in [-0.1, -0.05) is 66.3 Å². The first-order valence-electron chi connectivity index (χ1n) is 21.3. The van der Waals surface area contributed by atoms with Crippen LogP contribution >= 0.6 is 0 Å². The van der Waals surface area contributed by atoms with Crippen LogP contribution < -0.4 is 0 Å². The van der Waals surface area contributed by atoms with Crippen LogP contribution in [0.1, 0.15) is 118 Å². The Morgan fingerprint density at radius 2 is 1.57 bits per heavy atom. The third kappa shape index (κ3) is 8.23. The van der Waals surface area contributed by atoms with Crippen LogP contribution in [0.15, 0.2) is 49.6 Å². The summed E-state index contributed by atoms with van der Waals surface area (Å²) in [6.07, 6.45) is 14.9. The monoisotopic (exact) mass is 739 g/mol. The van der Waals surface area contributed by atoms with E-state index in [1.54, 1.807) is 0 Å². The van der Waals surface area contributed by atoms with Crippen LogP contribution in [-0.2, 0) is 33.2 Å². The lowest BCUT2D eigenvalue weighted by Gasteiger charge is -2.42. The van der Waals surface area contributed by atoms with Crippen LogP contribution in [0.25, 0.3) is 0 Å². The SMILES string of the molecule is C=CCC(O)C[C@H]1C(C[C@H]2O[C@@H](CCC3O[C@@H](CC[C@@]45C[C@H]6O[C@@H]7[C@@H](O[C@@H](CC=C)[C@H](C)[C@@H]7O4)[C@H]6O5)CC3=C)C[C@@H](C)C2=C)O[C@H](C[C@H](C)CC)[C@@H]1C. The summed E-state index contributed by atoms with van der Waals surface area (Å²) < 4.78 is 47.1. The van der Waals surface area contributed by atoms with Gasteiger partial charge in [-0.25, -0.2) is 0 Å². The molecule has 19 atom stereocenters. The first-order chi connectivity index (χ1) is 25.4. The Morgan fingerprint density at radius 1 is 0.811 bits per heavy atom. The summed E-state index contributed by atoms with van der Waals surface area (Å²) in [5.41, 5.74) is 2.36. The molecule has 8 heteroatoms. The van der Waals surface area contributed by atoms with Gasteiger partial charge < -0.3 is 38.3 Å². The molecule has 0 spiro atoms. The second kappa shape index (κ2) is 16.6. The highest BCUT2D eigenvalue weighted by molar-refractivity contribution is 5.14. The summed E-state index contributed by atoms with van der Waals surface area (Å²) >= 11 is 0. The van der Waals surface area contributed by atoms with Gasteiger partial charge in [0.05, 0.1) is 61.0 Å². The number of rotatable bonds is 17. The van der Waals surface area contributed by atoms with E-state index >= 15 is 0 Å². The zero-order valence-electron chi connectivity index (χ0n) is 33.4. The van der Waals surface area contributed by atoms with E-state index in [0.29, 0.717) is 24.2 Å². The summed E-state index contributed by atoms with van der Waals surface area (Å²) in [4.78, 5) is 0. The Kier molecular flexibility index (Phi) is 12.5. The number of hydrogen-bond acceptors (Lipinski definition) is 8. The predicted octanol–water partition coefficient (Wildman–Crippen LogP) is 8.41. The van der Waals surface area contributed by atoms with Crippen molar-refractivity contribution in [3.05, 3.63) is 49.6 Å². The molecule has 8 aliphatic heterocycles. The second-order valence-corrected chi connectivity index (χ2v) is 18.3. The fraction of sp³-hybridized carbons (Fsp3) is 0.822. The molecule has 6 bridgehead atoms. The minimum atomic E-state index is -0.645. The molecule has 8 fully saturated rings. The molecule has 0 aliphatic carbocycles. The molecule has 298 valence electrons. The average Bonchev–Trinajstić information content (AvgIpc) is 3.79. The van der Waals surface area contributed by atoms with Crippen LogP contribution in [0, 0.1) is 29.6 Å². The molecule has 0 aromatic rings. The van der Waals surface area contributed by atoms with E-state index in [-0.39, 0.29) is 85.1 Å². The molecule has 53 heavy (non-hydrogen) atoms. The lowest BCUT2D eigenvalue weighted by molar-refractivity contribution is -0.262. The fourth-order valence-electron chi connectivity index (χ4n) is 11.0. The van der Waals surface area contributed by atoms with Crippen LogP contribution in [0.5, 0.6) is 0 Å². The van der Waals surface area contributed by atoms with E-state index in [1.807, 2.05) is 12.2 Å². The molecule has 8 saturated heterocycles.